The van der Waals surface area contributed by atoms with E-state index in [1.807, 2.05) is 5.32 Å². The Balaban J connectivity index is 0.000000200. The van der Waals surface area contributed by atoms with Crippen LogP contribution >= 0.6 is 50.7 Å². The fraction of sp³-hybridized carbons (Fsp3) is 0.177. The number of aliphatic carboxylic acids is 1. The van der Waals surface area contributed by atoms with Gasteiger partial charge < -0.3 is 69.1 Å². The summed E-state index contributed by atoms with van der Waals surface area (Å²) in [4.78, 5) is 107. The Labute approximate surface area is 533 Å². The quantitative estimate of drug-likeness (QED) is 0.0313. The lowest BCUT2D eigenvalue weighted by molar-refractivity contribution is -0.154. The Hall–Kier alpha value is -9.50. The molecule has 0 aliphatic carbocycles. The van der Waals surface area contributed by atoms with Gasteiger partial charge in [-0.3, -0.25) is 28.8 Å². The first kappa shape index (κ1) is 69.6. The molecule has 0 spiro atoms. The number of amides is 3. The summed E-state index contributed by atoms with van der Waals surface area (Å²) >= 11 is 20.5. The van der Waals surface area contributed by atoms with Crippen molar-refractivity contribution in [3.05, 3.63) is 195 Å². The van der Waals surface area contributed by atoms with Crippen molar-refractivity contribution >= 4 is 132 Å². The number of hydrogen-bond acceptors (Lipinski definition) is 19. The third kappa shape index (κ3) is 18.5. The van der Waals surface area contributed by atoms with Crippen molar-refractivity contribution < 1.29 is 82.0 Å². The van der Waals surface area contributed by atoms with Gasteiger partial charge in [0.25, 0.3) is 17.7 Å². The summed E-state index contributed by atoms with van der Waals surface area (Å²) in [6.45, 7) is 8.54. The highest BCUT2D eigenvalue weighted by Crippen LogP contribution is 2.36. The van der Waals surface area contributed by atoms with Crippen molar-refractivity contribution in [3.8, 4) is 39.5 Å². The molecule has 0 atom stereocenters. The molecule has 0 unspecified atom stereocenters. The average Bonchev–Trinajstić information content (AvgIpc) is 0.794. The van der Waals surface area contributed by atoms with Crippen molar-refractivity contribution in [3.63, 3.8) is 0 Å². The number of rotatable bonds is 12. The summed E-state index contributed by atoms with van der Waals surface area (Å²) < 4.78 is 26.3. The fourth-order valence-corrected chi connectivity index (χ4v) is 8.85. The molecular formula is C62H54BBrCl3N3O20. The van der Waals surface area contributed by atoms with Gasteiger partial charge in [0.15, 0.2) is 22.3 Å². The van der Waals surface area contributed by atoms with E-state index in [1.165, 1.54) is 18.2 Å². The molecule has 9 rings (SSSR count). The maximum atomic E-state index is 12.5. The summed E-state index contributed by atoms with van der Waals surface area (Å²) in [6.07, 6.45) is 0. The molecular weight excluding hydrogens is 1300 g/mol. The normalized spacial score (nSPS) is 10.9. The Morgan fingerprint density at radius 3 is 1.12 bits per heavy atom. The van der Waals surface area contributed by atoms with Crippen LogP contribution in [-0.4, -0.2) is 104 Å². The molecule has 468 valence electrons. The van der Waals surface area contributed by atoms with Crippen LogP contribution in [0.25, 0.3) is 55.2 Å². The number of carbonyl (C=O) groups excluding carboxylic acids is 5. The summed E-state index contributed by atoms with van der Waals surface area (Å²) in [6, 6.07) is 34.5. The van der Waals surface area contributed by atoms with Gasteiger partial charge in [0.1, 0.15) is 59.3 Å². The van der Waals surface area contributed by atoms with Crippen molar-refractivity contribution in [1.82, 2.24) is 16.0 Å². The molecule has 0 bridgehead atoms. The van der Waals surface area contributed by atoms with Gasteiger partial charge in [-0.15, -0.1) is 0 Å². The van der Waals surface area contributed by atoms with Crippen LogP contribution in [0, 0.1) is 0 Å². The van der Waals surface area contributed by atoms with Crippen LogP contribution in [-0.2, 0) is 23.9 Å². The number of para-hydroxylation sites is 3. The lowest BCUT2D eigenvalue weighted by Gasteiger charge is -2.19. The first-order chi connectivity index (χ1) is 42.2. The van der Waals surface area contributed by atoms with E-state index in [9.17, 15) is 58.5 Å². The highest BCUT2D eigenvalue weighted by atomic mass is 79.9. The van der Waals surface area contributed by atoms with Crippen molar-refractivity contribution in [1.29, 1.82) is 0 Å². The van der Waals surface area contributed by atoms with E-state index in [-0.39, 0.29) is 32.9 Å². The lowest BCUT2D eigenvalue weighted by Crippen LogP contribution is -2.36. The van der Waals surface area contributed by atoms with Gasteiger partial charge >= 0.3 is 41.9 Å². The van der Waals surface area contributed by atoms with Gasteiger partial charge in [-0.1, -0.05) is 102 Å². The Bertz CT molecular complexity index is 4370. The number of ether oxygens (including phenoxy) is 2. The first-order valence-corrected chi connectivity index (χ1v) is 28.3. The summed E-state index contributed by atoms with van der Waals surface area (Å²) in [5.41, 5.74) is -3.00. The Morgan fingerprint density at radius 1 is 0.478 bits per heavy atom. The van der Waals surface area contributed by atoms with Crippen molar-refractivity contribution in [2.45, 2.75) is 52.7 Å². The molecule has 23 nitrogen and oxygen atoms in total. The highest BCUT2D eigenvalue weighted by molar-refractivity contribution is 9.10. The second kappa shape index (κ2) is 30.1. The van der Waals surface area contributed by atoms with Crippen LogP contribution < -0.4 is 38.3 Å². The van der Waals surface area contributed by atoms with Gasteiger partial charge in [-0.25, -0.2) is 14.4 Å². The second-order valence-electron chi connectivity index (χ2n) is 20.9. The van der Waals surface area contributed by atoms with E-state index in [2.05, 4.69) is 26.6 Å². The van der Waals surface area contributed by atoms with Gasteiger partial charge in [-0.2, -0.15) is 0 Å². The molecule has 0 aliphatic heterocycles. The van der Waals surface area contributed by atoms with Crippen LogP contribution in [0.4, 0.5) is 0 Å². The van der Waals surface area contributed by atoms with E-state index in [1.54, 1.807) is 151 Å². The highest BCUT2D eigenvalue weighted by Gasteiger charge is 2.27. The van der Waals surface area contributed by atoms with Crippen molar-refractivity contribution in [2.24, 2.45) is 0 Å². The third-order valence-corrected chi connectivity index (χ3v) is 13.2. The molecule has 0 radical (unpaired) electrons. The first-order valence-electron chi connectivity index (χ1n) is 26.4. The van der Waals surface area contributed by atoms with Gasteiger partial charge in [0.2, 0.25) is 0 Å². The number of benzene rings is 6. The standard InChI is InChI=1S/C22H20ClNO6.C18H12ClNO6.C16H16BrNO6.C6H6BClO2/c1-22(2,3)30-16(25)11-24-20(27)17-18(26)15-6-4-5-14(19(15)29-21(17)28)12-7-9-13(23)10-8-12;19-10-6-4-9(5-7-10)11-2-1-3-12-15(23)14(18(25)26-16(11)12)17(24)20-8-13(21)22;1-16(2,3)24-10(19)7-18-14(21)11-12(20)8-5-4-6-9(17)13(8)23-15(11)22;8-6-3-1-5(2-4-6)7(9)10/h4-10,26H,11H2,1-3H3,(H,24,27);1-7,23H,8H2,(H,20,24)(H,21,22);4-6,20H,7H2,1-3H3,(H,18,21);1-4,9-10H. The molecule has 3 heterocycles. The van der Waals surface area contributed by atoms with E-state index < -0.39 is 124 Å². The smallest absolute Gasteiger partial charge is 0.488 e. The number of esters is 2. The second-order valence-corrected chi connectivity index (χ2v) is 23.0. The molecule has 3 aromatic heterocycles. The minimum atomic E-state index is -1.41. The number of halogens is 4. The summed E-state index contributed by atoms with van der Waals surface area (Å²) in [5.74, 6) is -7.13. The summed E-state index contributed by atoms with van der Waals surface area (Å²) in [7, 11) is -1.41. The maximum Gasteiger partial charge on any atom is 0.488 e. The monoisotopic (exact) mass is 1360 g/mol. The SMILES string of the molecule is CC(C)(C)OC(=O)CNC(=O)c1c(O)c2cccc(-c3ccc(Cl)cc3)c2oc1=O.CC(C)(C)OC(=O)CNC(=O)c1c(O)c2cccc(Br)c2oc1=O.O=C(O)CNC(=O)c1c(O)c2cccc(-c3ccc(Cl)cc3)c2oc1=O.OB(O)c1ccc(Cl)cc1. The number of nitrogens with one attached hydrogen (secondary N) is 3. The molecule has 0 saturated carbocycles. The summed E-state index contributed by atoms with van der Waals surface area (Å²) in [5, 5.41) is 65.8. The van der Waals surface area contributed by atoms with Gasteiger partial charge in [-0.05, 0) is 135 Å². The zero-order valence-corrected chi connectivity index (χ0v) is 52.1. The molecule has 9 N–H and O–H groups in total. The predicted molar refractivity (Wildman–Crippen MR) is 339 cm³/mol. The Morgan fingerprint density at radius 2 is 0.789 bits per heavy atom. The zero-order valence-electron chi connectivity index (χ0n) is 48.2. The van der Waals surface area contributed by atoms with Crippen LogP contribution in [0.5, 0.6) is 17.2 Å². The van der Waals surface area contributed by atoms with E-state index in [0.29, 0.717) is 41.7 Å². The number of fused-ring (bicyclic) bond motifs is 3. The lowest BCUT2D eigenvalue weighted by atomic mass is 9.81. The molecule has 0 saturated heterocycles. The third-order valence-electron chi connectivity index (χ3n) is 11.9. The predicted octanol–water partition coefficient (Wildman–Crippen LogP) is 8.88. The zero-order chi connectivity index (χ0) is 66.5. The van der Waals surface area contributed by atoms with Crippen molar-refractivity contribution in [2.75, 3.05) is 19.6 Å². The molecule has 0 aliphatic rings. The molecule has 6 aromatic carbocycles. The molecule has 28 heteroatoms. The average molecular weight is 1360 g/mol. The largest absolute Gasteiger partial charge is 0.506 e. The molecule has 3 amide bonds. The van der Waals surface area contributed by atoms with Crippen LogP contribution in [0.1, 0.15) is 72.6 Å². The number of aromatic hydroxyl groups is 3. The van der Waals surface area contributed by atoms with Gasteiger partial charge in [0, 0.05) is 26.2 Å². The minimum absolute atomic E-state index is 0.104. The van der Waals surface area contributed by atoms with Crippen LogP contribution in [0.2, 0.25) is 15.1 Å². The number of carbonyl (C=O) groups is 6. The fourth-order valence-electron chi connectivity index (χ4n) is 8.02. The van der Waals surface area contributed by atoms with Gasteiger partial charge in [0.05, 0.1) is 20.6 Å². The van der Waals surface area contributed by atoms with Crippen LogP contribution in [0.3, 0.4) is 0 Å². The minimum Gasteiger partial charge on any atom is -0.506 e. The maximum absolute atomic E-state index is 12.5. The molecule has 9 aromatic rings. The number of carboxylic acids is 1. The Kier molecular flexibility index (Phi) is 23.3. The number of hydrogen-bond donors (Lipinski definition) is 9. The molecule has 90 heavy (non-hydrogen) atoms. The molecule has 0 fully saturated rings. The van der Waals surface area contributed by atoms with E-state index in [0.717, 1.165) is 5.56 Å². The van der Waals surface area contributed by atoms with E-state index >= 15 is 0 Å². The topological polar surface area (TPSA) is 369 Å². The van der Waals surface area contributed by atoms with Crippen LogP contribution in [0.15, 0.2) is 160 Å². The number of carboxylic acid groups (broad SMARTS) is 1. The van der Waals surface area contributed by atoms with E-state index in [4.69, 9.17) is 72.7 Å².